The Bertz CT molecular complexity index is 105. The minimum Gasteiger partial charge on any atom is -0.278 e. The number of halogens is 1. The van der Waals surface area contributed by atoms with E-state index in [-0.39, 0.29) is 0 Å². The first-order valence-electron chi connectivity index (χ1n) is 2.39. The Morgan fingerprint density at radius 3 is 2.75 bits per heavy atom. The minimum absolute atomic E-state index is 0.904. The van der Waals surface area contributed by atoms with Crippen molar-refractivity contribution in [2.24, 2.45) is 0 Å². The van der Waals surface area contributed by atoms with Gasteiger partial charge in [0.15, 0.2) is 0 Å². The van der Waals surface area contributed by atoms with Crippen LogP contribution in [-0.4, -0.2) is 10.8 Å². The van der Waals surface area contributed by atoms with Crippen molar-refractivity contribution in [3.05, 3.63) is 0 Å². The van der Waals surface area contributed by atoms with Gasteiger partial charge in [0, 0.05) is 28.5 Å². The topological polar surface area (TPSA) is 3.24 Å². The van der Waals surface area contributed by atoms with Crippen LogP contribution in [0, 0.1) is 10.9 Å². The van der Waals surface area contributed by atoms with Crippen LogP contribution in [0.5, 0.6) is 0 Å². The van der Waals surface area contributed by atoms with Crippen molar-refractivity contribution < 1.29 is 0 Å². The molecule has 0 heterocycles. The van der Waals surface area contributed by atoms with Crippen LogP contribution in [0.15, 0.2) is 0 Å². The van der Waals surface area contributed by atoms with Gasteiger partial charge in [0.05, 0.1) is 0 Å². The van der Waals surface area contributed by atoms with Crippen LogP contribution in [0.3, 0.4) is 0 Å². The summed E-state index contributed by atoms with van der Waals surface area (Å²) in [5.74, 6) is 0. The van der Waals surface area contributed by atoms with Crippen molar-refractivity contribution in [1.29, 1.82) is 0 Å². The van der Waals surface area contributed by atoms with Gasteiger partial charge in [-0.15, -0.1) is 0 Å². The lowest BCUT2D eigenvalue weighted by molar-refractivity contribution is 0.641. The molecule has 0 N–H and O–H groups in total. The quantitative estimate of drug-likeness (QED) is 0.399. The zero-order valence-electron chi connectivity index (χ0n) is 4.69. The third-order valence-corrected chi connectivity index (χ3v) is 1.08. The Morgan fingerprint density at radius 1 is 1.75 bits per heavy atom. The summed E-state index contributed by atoms with van der Waals surface area (Å²) < 4.78 is 1.65. The molecule has 0 aromatic rings. The van der Waals surface area contributed by atoms with Crippen LogP contribution >= 0.6 is 28.7 Å². The average Bonchev–Trinajstić information content (AvgIpc) is 1.68. The highest BCUT2D eigenvalue weighted by Crippen LogP contribution is 1.91. The van der Waals surface area contributed by atoms with Crippen molar-refractivity contribution >= 4 is 28.7 Å². The van der Waals surface area contributed by atoms with E-state index in [9.17, 15) is 0 Å². The third-order valence-electron chi connectivity index (χ3n) is 0.607. The first-order valence-corrected chi connectivity index (χ1v) is 3.58. The summed E-state index contributed by atoms with van der Waals surface area (Å²) in [4.78, 5) is 2.56. The van der Waals surface area contributed by atoms with E-state index in [1.807, 2.05) is 0 Å². The summed E-state index contributed by atoms with van der Waals surface area (Å²) in [7, 11) is 0. The lowest BCUT2D eigenvalue weighted by Gasteiger charge is -2.03. The molecule has 0 unspecified atom stereocenters. The lowest BCUT2D eigenvalue weighted by Crippen LogP contribution is -2.03. The van der Waals surface area contributed by atoms with Gasteiger partial charge in [0.25, 0.3) is 0 Å². The maximum absolute atomic E-state index is 4.02. The van der Waals surface area contributed by atoms with Gasteiger partial charge in [0.1, 0.15) is 0 Å². The summed E-state index contributed by atoms with van der Waals surface area (Å²) >= 11 is 6.99. The molecule has 3 heteroatoms. The molecule has 0 aromatic heterocycles. The number of rotatable bonds is 2. The van der Waals surface area contributed by atoms with E-state index >= 15 is 0 Å². The normalized spacial score (nSPS) is 7.38. The van der Waals surface area contributed by atoms with Gasteiger partial charge in [-0.1, -0.05) is 19.7 Å². The largest absolute Gasteiger partial charge is 0.278 e. The second-order valence-corrected chi connectivity index (χ2v) is 2.21. The van der Waals surface area contributed by atoms with Crippen LogP contribution in [0.4, 0.5) is 0 Å². The van der Waals surface area contributed by atoms with Gasteiger partial charge < -0.3 is 0 Å². The van der Waals surface area contributed by atoms with E-state index in [0.29, 0.717) is 0 Å². The smallest absolute Gasteiger partial charge is 0.0375 e. The number of nitrogens with zero attached hydrogens (tertiary/aromatic N) is 1. The standard InChI is InChI=1S/C5H8BrNS/c1-2-4-7(8)5-3-6/h8H,2,4H2,1H3. The molecule has 0 aliphatic carbocycles. The fourth-order valence-electron chi connectivity index (χ4n) is 0.316. The van der Waals surface area contributed by atoms with E-state index in [4.69, 9.17) is 0 Å². The molecule has 0 rings (SSSR count). The highest BCUT2D eigenvalue weighted by molar-refractivity contribution is 9.12. The Kier molecular flexibility index (Phi) is 5.46. The molecule has 0 fully saturated rings. The molecule has 0 radical (unpaired) electrons. The molecule has 0 saturated heterocycles. The Labute approximate surface area is 64.1 Å². The first kappa shape index (κ1) is 8.19. The second kappa shape index (κ2) is 5.33. The van der Waals surface area contributed by atoms with Crippen molar-refractivity contribution in [2.75, 3.05) is 6.54 Å². The van der Waals surface area contributed by atoms with E-state index in [1.54, 1.807) is 4.31 Å². The second-order valence-electron chi connectivity index (χ2n) is 1.33. The van der Waals surface area contributed by atoms with E-state index in [2.05, 4.69) is 46.5 Å². The summed E-state index contributed by atoms with van der Waals surface area (Å²) in [6.07, 6.45) is 1.07. The van der Waals surface area contributed by atoms with Crippen LogP contribution in [-0.2, 0) is 0 Å². The summed E-state index contributed by atoms with van der Waals surface area (Å²) in [6.45, 7) is 2.99. The first-order chi connectivity index (χ1) is 3.81. The average molecular weight is 194 g/mol. The molecule has 46 valence electrons. The van der Waals surface area contributed by atoms with Crippen LogP contribution in [0.2, 0.25) is 0 Å². The molecule has 0 spiro atoms. The van der Waals surface area contributed by atoms with Gasteiger partial charge >= 0.3 is 0 Å². The van der Waals surface area contributed by atoms with E-state index in [1.165, 1.54) is 0 Å². The Balaban J connectivity index is 3.27. The fraction of sp³-hybridized carbons (Fsp3) is 0.600. The van der Waals surface area contributed by atoms with Gasteiger partial charge in [-0.05, 0) is 11.3 Å². The number of hydrogen-bond acceptors (Lipinski definition) is 2. The van der Waals surface area contributed by atoms with Crippen LogP contribution < -0.4 is 0 Å². The molecule has 0 amide bonds. The predicted octanol–water partition coefficient (Wildman–Crippen LogP) is 1.86. The van der Waals surface area contributed by atoms with Gasteiger partial charge in [-0.2, -0.15) is 0 Å². The zero-order chi connectivity index (χ0) is 6.41. The Hall–Kier alpha value is 0.190. The van der Waals surface area contributed by atoms with Gasteiger partial charge in [0.2, 0.25) is 0 Å². The lowest BCUT2D eigenvalue weighted by atomic mass is 10.5. The van der Waals surface area contributed by atoms with Crippen molar-refractivity contribution in [1.82, 2.24) is 4.31 Å². The summed E-state index contributed by atoms with van der Waals surface area (Å²) in [6, 6.07) is 2.71. The van der Waals surface area contributed by atoms with E-state index in [0.717, 1.165) is 13.0 Å². The highest BCUT2D eigenvalue weighted by Gasteiger charge is 1.84. The highest BCUT2D eigenvalue weighted by atomic mass is 79.9. The minimum atomic E-state index is 0.904. The molecule has 0 saturated carbocycles. The molecule has 0 bridgehead atoms. The fourth-order valence-corrected chi connectivity index (χ4v) is 0.918. The Morgan fingerprint density at radius 2 is 2.38 bits per heavy atom. The predicted molar refractivity (Wildman–Crippen MR) is 42.7 cm³/mol. The molecule has 0 aliphatic heterocycles. The van der Waals surface area contributed by atoms with Crippen molar-refractivity contribution in [3.63, 3.8) is 0 Å². The maximum Gasteiger partial charge on any atom is 0.0375 e. The molecular weight excluding hydrogens is 186 g/mol. The van der Waals surface area contributed by atoms with E-state index < -0.39 is 0 Å². The monoisotopic (exact) mass is 193 g/mol. The maximum atomic E-state index is 4.02. The van der Waals surface area contributed by atoms with Gasteiger partial charge in [-0.25, -0.2) is 0 Å². The molecule has 0 aromatic carbocycles. The SMILES string of the molecule is CCCN(S)C#CBr. The molecule has 8 heavy (non-hydrogen) atoms. The van der Waals surface area contributed by atoms with Crippen LogP contribution in [0.1, 0.15) is 13.3 Å². The molecular formula is C5H8BrNS. The van der Waals surface area contributed by atoms with Crippen LogP contribution in [0.25, 0.3) is 0 Å². The third kappa shape index (κ3) is 4.35. The molecule has 0 atom stereocenters. The van der Waals surface area contributed by atoms with Crippen molar-refractivity contribution in [3.8, 4) is 10.9 Å². The van der Waals surface area contributed by atoms with Gasteiger partial charge in [-0.3, -0.25) is 4.31 Å². The number of thiol groups is 1. The molecule has 0 aliphatic rings. The number of hydrogen-bond donors (Lipinski definition) is 1. The summed E-state index contributed by atoms with van der Waals surface area (Å²) in [5, 5.41) is 0. The summed E-state index contributed by atoms with van der Waals surface area (Å²) in [5.41, 5.74) is 0. The zero-order valence-corrected chi connectivity index (χ0v) is 7.17. The van der Waals surface area contributed by atoms with Crippen molar-refractivity contribution in [2.45, 2.75) is 13.3 Å². The molecule has 1 nitrogen and oxygen atoms in total.